The van der Waals surface area contributed by atoms with Crippen molar-refractivity contribution in [2.24, 2.45) is 0 Å². The molecule has 2 N–H and O–H groups in total. The van der Waals surface area contributed by atoms with Crippen molar-refractivity contribution in [1.29, 1.82) is 0 Å². The number of piperazine rings is 1. The lowest BCUT2D eigenvalue weighted by molar-refractivity contribution is -0.117. The minimum Gasteiger partial charge on any atom is -0.493 e. The lowest BCUT2D eigenvalue weighted by Crippen LogP contribution is -2.50. The highest BCUT2D eigenvalue weighted by Crippen LogP contribution is 2.25. The maximum atomic E-state index is 12.5. The van der Waals surface area contributed by atoms with Crippen LogP contribution < -0.4 is 14.8 Å². The number of β-amino-alcohol motifs (C(OH)–C–C–N with tert-alkyl or cyclic N) is 1. The molecule has 1 aliphatic rings. The molecule has 7 nitrogen and oxygen atoms in total. The maximum Gasteiger partial charge on any atom is 0.238 e. The number of halogens is 1. The van der Waals surface area contributed by atoms with Crippen molar-refractivity contribution in [2.45, 2.75) is 20.0 Å². The van der Waals surface area contributed by atoms with E-state index in [-0.39, 0.29) is 24.9 Å². The Bertz CT molecular complexity index is 852. The minimum absolute atomic E-state index is 0. The first-order valence-corrected chi connectivity index (χ1v) is 10.7. The molecule has 1 heterocycles. The molecule has 1 unspecified atom stereocenters. The molecule has 0 saturated carbocycles. The third kappa shape index (κ3) is 7.38. The maximum absolute atomic E-state index is 12.5. The number of ether oxygens (including phenoxy) is 2. The van der Waals surface area contributed by atoms with E-state index in [9.17, 15) is 9.90 Å². The quantitative estimate of drug-likeness (QED) is 0.595. The van der Waals surface area contributed by atoms with Gasteiger partial charge in [-0.2, -0.15) is 0 Å². The number of carbonyl (C=O) groups excluding carboxylic acids is 1. The van der Waals surface area contributed by atoms with E-state index in [1.54, 1.807) is 7.11 Å². The summed E-state index contributed by atoms with van der Waals surface area (Å²) in [6.45, 7) is 8.33. The molecule has 0 spiro atoms. The summed E-state index contributed by atoms with van der Waals surface area (Å²) in [6, 6.07) is 13.4. The van der Waals surface area contributed by atoms with Crippen LogP contribution in [0.25, 0.3) is 0 Å². The van der Waals surface area contributed by atoms with E-state index in [4.69, 9.17) is 9.47 Å². The predicted octanol–water partition coefficient (Wildman–Crippen LogP) is 2.73. The van der Waals surface area contributed by atoms with Gasteiger partial charge < -0.3 is 19.9 Å². The van der Waals surface area contributed by atoms with Gasteiger partial charge in [-0.1, -0.05) is 30.3 Å². The van der Waals surface area contributed by atoms with Gasteiger partial charge >= 0.3 is 0 Å². The van der Waals surface area contributed by atoms with E-state index in [1.807, 2.05) is 56.3 Å². The number of amides is 1. The normalized spacial score (nSPS) is 15.5. The Kier molecular flexibility index (Phi) is 10.3. The van der Waals surface area contributed by atoms with Crippen LogP contribution in [0.5, 0.6) is 11.5 Å². The number of aryl methyl sites for hydroxylation is 2. The van der Waals surface area contributed by atoms with Gasteiger partial charge in [0.2, 0.25) is 5.91 Å². The highest BCUT2D eigenvalue weighted by Gasteiger charge is 2.21. The van der Waals surface area contributed by atoms with E-state index in [2.05, 4.69) is 15.1 Å². The van der Waals surface area contributed by atoms with Crippen LogP contribution in [0.3, 0.4) is 0 Å². The zero-order valence-corrected chi connectivity index (χ0v) is 19.9. The molecule has 1 amide bonds. The van der Waals surface area contributed by atoms with Gasteiger partial charge in [-0.25, -0.2) is 0 Å². The summed E-state index contributed by atoms with van der Waals surface area (Å²) in [5.74, 6) is 1.29. The molecular weight excluding hydrogens is 430 g/mol. The molecule has 2 aromatic carbocycles. The fourth-order valence-corrected chi connectivity index (χ4v) is 3.80. The Morgan fingerprint density at radius 1 is 1.00 bits per heavy atom. The van der Waals surface area contributed by atoms with Gasteiger partial charge in [-0.15, -0.1) is 12.4 Å². The van der Waals surface area contributed by atoms with Crippen molar-refractivity contribution >= 4 is 24.0 Å². The van der Waals surface area contributed by atoms with E-state index in [0.717, 1.165) is 43.0 Å². The second kappa shape index (κ2) is 12.6. The summed E-state index contributed by atoms with van der Waals surface area (Å²) in [4.78, 5) is 16.8. The van der Waals surface area contributed by atoms with Crippen molar-refractivity contribution in [1.82, 2.24) is 9.80 Å². The van der Waals surface area contributed by atoms with Gasteiger partial charge in [0.15, 0.2) is 11.5 Å². The minimum atomic E-state index is -0.594. The summed E-state index contributed by atoms with van der Waals surface area (Å²) in [5, 5.41) is 13.4. The first-order valence-electron chi connectivity index (χ1n) is 10.7. The highest BCUT2D eigenvalue weighted by atomic mass is 35.5. The molecule has 3 rings (SSSR count). The standard InChI is InChI=1S/C24H33N3O4.ClH/c1-18-7-6-8-19(2)24(18)25-23(29)16-27-13-11-26(12-14-27)15-20(28)17-31-22-10-5-4-9-21(22)30-3;/h4-10,20,28H,11-17H2,1-3H3,(H,25,29);1H. The molecule has 1 saturated heterocycles. The average Bonchev–Trinajstić information content (AvgIpc) is 2.76. The first kappa shape index (κ1) is 25.9. The second-order valence-electron chi connectivity index (χ2n) is 8.01. The number of nitrogens with zero attached hydrogens (tertiary/aromatic N) is 2. The summed E-state index contributed by atoms with van der Waals surface area (Å²) in [7, 11) is 1.60. The molecule has 0 radical (unpaired) electrons. The predicted molar refractivity (Wildman–Crippen MR) is 129 cm³/mol. The molecule has 1 aliphatic heterocycles. The lowest BCUT2D eigenvalue weighted by Gasteiger charge is -2.35. The van der Waals surface area contributed by atoms with Gasteiger partial charge in [0.05, 0.1) is 13.7 Å². The fourth-order valence-electron chi connectivity index (χ4n) is 3.80. The van der Waals surface area contributed by atoms with Crippen LogP contribution in [0, 0.1) is 13.8 Å². The van der Waals surface area contributed by atoms with Gasteiger partial charge in [-0.05, 0) is 37.1 Å². The Labute approximate surface area is 196 Å². The van der Waals surface area contributed by atoms with Crippen molar-refractivity contribution in [2.75, 3.05) is 58.3 Å². The number of anilines is 1. The summed E-state index contributed by atoms with van der Waals surface area (Å²) in [6.07, 6.45) is -0.594. The van der Waals surface area contributed by atoms with Crippen LogP contribution in [0.15, 0.2) is 42.5 Å². The number of rotatable bonds is 9. The van der Waals surface area contributed by atoms with Crippen LogP contribution >= 0.6 is 12.4 Å². The largest absolute Gasteiger partial charge is 0.493 e. The molecule has 0 aliphatic carbocycles. The smallest absolute Gasteiger partial charge is 0.238 e. The molecule has 1 atom stereocenters. The Hall–Kier alpha value is -2.32. The number of para-hydroxylation sites is 3. The fraction of sp³-hybridized carbons (Fsp3) is 0.458. The molecule has 2 aromatic rings. The van der Waals surface area contributed by atoms with Gasteiger partial charge in [0.25, 0.3) is 0 Å². The van der Waals surface area contributed by atoms with Gasteiger partial charge in [-0.3, -0.25) is 14.6 Å². The highest BCUT2D eigenvalue weighted by molar-refractivity contribution is 5.93. The van der Waals surface area contributed by atoms with Crippen molar-refractivity contribution in [3.8, 4) is 11.5 Å². The van der Waals surface area contributed by atoms with Crippen LogP contribution in [0.4, 0.5) is 5.69 Å². The summed E-state index contributed by atoms with van der Waals surface area (Å²) < 4.78 is 11.0. The van der Waals surface area contributed by atoms with E-state index in [1.165, 1.54) is 0 Å². The molecule has 0 aromatic heterocycles. The van der Waals surface area contributed by atoms with E-state index in [0.29, 0.717) is 24.6 Å². The SMILES string of the molecule is COc1ccccc1OCC(O)CN1CCN(CC(=O)Nc2c(C)cccc2C)CC1.Cl. The number of methoxy groups -OCH3 is 1. The Morgan fingerprint density at radius 2 is 1.59 bits per heavy atom. The van der Waals surface area contributed by atoms with E-state index >= 15 is 0 Å². The van der Waals surface area contributed by atoms with Crippen molar-refractivity contribution in [3.63, 3.8) is 0 Å². The zero-order chi connectivity index (χ0) is 22.2. The van der Waals surface area contributed by atoms with Gasteiger partial charge in [0, 0.05) is 38.4 Å². The zero-order valence-electron chi connectivity index (χ0n) is 19.0. The topological polar surface area (TPSA) is 74.3 Å². The third-order valence-corrected chi connectivity index (χ3v) is 5.55. The number of benzene rings is 2. The lowest BCUT2D eigenvalue weighted by atomic mass is 10.1. The molecule has 176 valence electrons. The molecule has 1 fully saturated rings. The number of hydrogen-bond acceptors (Lipinski definition) is 6. The second-order valence-corrected chi connectivity index (χ2v) is 8.01. The summed E-state index contributed by atoms with van der Waals surface area (Å²) in [5.41, 5.74) is 3.05. The van der Waals surface area contributed by atoms with Crippen molar-refractivity contribution < 1.29 is 19.4 Å². The van der Waals surface area contributed by atoms with Crippen molar-refractivity contribution in [3.05, 3.63) is 53.6 Å². The molecule has 8 heteroatoms. The average molecular weight is 464 g/mol. The number of hydrogen-bond donors (Lipinski definition) is 2. The number of nitrogens with one attached hydrogen (secondary N) is 1. The molecule has 0 bridgehead atoms. The monoisotopic (exact) mass is 463 g/mol. The first-order chi connectivity index (χ1) is 15.0. The van der Waals surface area contributed by atoms with Crippen LogP contribution in [0.1, 0.15) is 11.1 Å². The van der Waals surface area contributed by atoms with Crippen LogP contribution in [0.2, 0.25) is 0 Å². The Morgan fingerprint density at radius 3 is 2.22 bits per heavy atom. The van der Waals surface area contributed by atoms with E-state index < -0.39 is 6.10 Å². The molecular formula is C24H34ClN3O4. The number of carbonyl (C=O) groups is 1. The molecule has 32 heavy (non-hydrogen) atoms. The Balaban J connectivity index is 0.00000363. The van der Waals surface area contributed by atoms with Crippen LogP contribution in [-0.2, 0) is 4.79 Å². The summed E-state index contributed by atoms with van der Waals surface area (Å²) >= 11 is 0. The van der Waals surface area contributed by atoms with Gasteiger partial charge in [0.1, 0.15) is 12.7 Å². The number of aliphatic hydroxyl groups is 1. The van der Waals surface area contributed by atoms with Crippen LogP contribution in [-0.4, -0.2) is 79.9 Å². The third-order valence-electron chi connectivity index (χ3n) is 5.55. The number of aliphatic hydroxyl groups excluding tert-OH is 1.